The maximum absolute atomic E-state index is 14.4. The van der Waals surface area contributed by atoms with Gasteiger partial charge in [0.2, 0.25) is 0 Å². The summed E-state index contributed by atoms with van der Waals surface area (Å²) in [5.74, 6) is 0. The number of rotatable bonds is 12. The van der Waals surface area contributed by atoms with Gasteiger partial charge in [0.15, 0.2) is 16.6 Å². The summed E-state index contributed by atoms with van der Waals surface area (Å²) in [5.41, 5.74) is 0.915. The van der Waals surface area contributed by atoms with Gasteiger partial charge in [0.1, 0.15) is 7.14 Å². The van der Waals surface area contributed by atoms with Gasteiger partial charge in [-0.05, 0) is 48.8 Å². The van der Waals surface area contributed by atoms with Crippen LogP contribution < -0.4 is 10.6 Å². The van der Waals surface area contributed by atoms with Crippen LogP contribution in [0.2, 0.25) is 36.3 Å². The number of hydrogen-bond donors (Lipinski definition) is 0. The van der Waals surface area contributed by atoms with Crippen molar-refractivity contribution in [3.8, 4) is 0 Å². The molecule has 3 nitrogen and oxygen atoms in total. The smallest absolute Gasteiger partial charge is 0.192 e. The zero-order valence-electron chi connectivity index (χ0n) is 26.4. The van der Waals surface area contributed by atoms with Crippen molar-refractivity contribution in [3.05, 3.63) is 85.0 Å². The molecule has 0 aliphatic heterocycles. The van der Waals surface area contributed by atoms with E-state index in [1.165, 1.54) is 0 Å². The van der Waals surface area contributed by atoms with Crippen LogP contribution in [0, 0.1) is 0 Å². The standard InChI is InChI=1S/C33H53O3PSi2/c1-27(20-19-25-37(34,29-21-15-13-16-22-29)30-23-17-14-18-24-30)31(36-39(11,12)33(6,7)8)26-28(2)35-38(9,10)32(3,4)5/h13-24,28,31H,1,25-26H2,2-12H3/b20-19+/t28-,31+/m1/s1. The highest BCUT2D eigenvalue weighted by molar-refractivity contribution is 7.78. The average Bonchev–Trinajstić information content (AvgIpc) is 2.82. The SMILES string of the molecule is C=C(/C=C/CP(=O)(c1ccccc1)c1ccccc1)[C@H](C[C@@H](C)O[Si](C)(C)C(C)(C)C)O[Si](C)(C)C(C)(C)C. The molecule has 0 spiro atoms. The average molecular weight is 585 g/mol. The van der Waals surface area contributed by atoms with E-state index in [1.807, 2.05) is 72.8 Å². The van der Waals surface area contributed by atoms with Crippen LogP contribution in [0.25, 0.3) is 0 Å². The minimum absolute atomic E-state index is 0.0468. The highest BCUT2D eigenvalue weighted by Gasteiger charge is 2.41. The van der Waals surface area contributed by atoms with Gasteiger partial charge in [-0.15, -0.1) is 0 Å². The van der Waals surface area contributed by atoms with E-state index in [0.717, 1.165) is 22.6 Å². The van der Waals surface area contributed by atoms with Crippen LogP contribution in [0.5, 0.6) is 0 Å². The monoisotopic (exact) mass is 584 g/mol. The number of benzene rings is 2. The Labute approximate surface area is 241 Å². The largest absolute Gasteiger partial charge is 0.414 e. The lowest BCUT2D eigenvalue weighted by Crippen LogP contribution is -2.47. The summed E-state index contributed by atoms with van der Waals surface area (Å²) in [4.78, 5) is 0. The van der Waals surface area contributed by atoms with Gasteiger partial charge >= 0.3 is 0 Å². The van der Waals surface area contributed by atoms with Crippen molar-refractivity contribution in [2.24, 2.45) is 0 Å². The molecule has 2 aromatic rings. The van der Waals surface area contributed by atoms with E-state index in [0.29, 0.717) is 6.16 Å². The first-order valence-electron chi connectivity index (χ1n) is 14.2. The molecule has 0 aliphatic rings. The summed E-state index contributed by atoms with van der Waals surface area (Å²) < 4.78 is 28.1. The predicted molar refractivity (Wildman–Crippen MR) is 177 cm³/mol. The molecule has 0 saturated carbocycles. The maximum atomic E-state index is 14.4. The van der Waals surface area contributed by atoms with Crippen LogP contribution in [0.4, 0.5) is 0 Å². The van der Waals surface area contributed by atoms with E-state index in [9.17, 15) is 4.57 Å². The third-order valence-electron chi connectivity index (χ3n) is 8.55. The van der Waals surface area contributed by atoms with Gasteiger partial charge in [0, 0.05) is 29.3 Å². The van der Waals surface area contributed by atoms with Gasteiger partial charge in [-0.1, -0.05) is 121 Å². The fourth-order valence-electron chi connectivity index (χ4n) is 3.99. The Morgan fingerprint density at radius 3 is 1.64 bits per heavy atom. The fourth-order valence-corrected chi connectivity index (χ4v) is 9.19. The Morgan fingerprint density at radius 1 is 0.821 bits per heavy atom. The van der Waals surface area contributed by atoms with Crippen LogP contribution in [0.3, 0.4) is 0 Å². The molecular weight excluding hydrogens is 532 g/mol. The van der Waals surface area contributed by atoms with Crippen LogP contribution in [-0.4, -0.2) is 35.0 Å². The predicted octanol–water partition coefficient (Wildman–Crippen LogP) is 9.30. The zero-order valence-corrected chi connectivity index (χ0v) is 29.3. The van der Waals surface area contributed by atoms with E-state index >= 15 is 0 Å². The molecule has 2 atom stereocenters. The molecule has 0 heterocycles. The van der Waals surface area contributed by atoms with Crippen LogP contribution in [0.15, 0.2) is 85.0 Å². The summed E-state index contributed by atoms with van der Waals surface area (Å²) in [6, 6.07) is 19.7. The third kappa shape index (κ3) is 9.00. The first-order chi connectivity index (χ1) is 17.8. The van der Waals surface area contributed by atoms with Gasteiger partial charge in [-0.25, -0.2) is 0 Å². The van der Waals surface area contributed by atoms with Crippen molar-refractivity contribution in [1.29, 1.82) is 0 Å². The van der Waals surface area contributed by atoms with Crippen LogP contribution >= 0.6 is 7.14 Å². The Balaban J connectivity index is 2.33. The second-order valence-corrected chi connectivity index (χ2v) is 26.3. The second kappa shape index (κ2) is 13.0. The van der Waals surface area contributed by atoms with Gasteiger partial charge in [0.25, 0.3) is 0 Å². The first-order valence-corrected chi connectivity index (χ1v) is 21.9. The van der Waals surface area contributed by atoms with Crippen molar-refractivity contribution in [1.82, 2.24) is 0 Å². The molecule has 6 heteroatoms. The molecule has 39 heavy (non-hydrogen) atoms. The molecule has 0 radical (unpaired) electrons. The summed E-state index contributed by atoms with van der Waals surface area (Å²) in [7, 11) is -6.82. The van der Waals surface area contributed by atoms with Crippen molar-refractivity contribution in [2.45, 2.75) is 103 Å². The Hall–Kier alpha value is -1.50. The third-order valence-corrected chi connectivity index (χ3v) is 20.6. The lowest BCUT2D eigenvalue weighted by Gasteiger charge is -2.42. The molecule has 0 unspecified atom stereocenters. The molecule has 2 rings (SSSR count). The molecule has 0 amide bonds. The highest BCUT2D eigenvalue weighted by atomic mass is 31.2. The van der Waals surface area contributed by atoms with Crippen molar-refractivity contribution in [2.75, 3.05) is 6.16 Å². The quantitative estimate of drug-likeness (QED) is 0.142. The summed E-state index contributed by atoms with van der Waals surface area (Å²) in [6.07, 6.45) is 5.14. The Morgan fingerprint density at radius 2 is 1.23 bits per heavy atom. The molecule has 2 aromatic carbocycles. The lowest BCUT2D eigenvalue weighted by molar-refractivity contribution is 0.122. The first kappa shape index (κ1) is 33.7. The normalized spacial score (nSPS) is 15.4. The molecule has 0 aliphatic carbocycles. The van der Waals surface area contributed by atoms with Crippen molar-refractivity contribution >= 4 is 34.4 Å². The van der Waals surface area contributed by atoms with Gasteiger partial charge in [-0.2, -0.15) is 0 Å². The van der Waals surface area contributed by atoms with Crippen molar-refractivity contribution < 1.29 is 13.4 Å². The molecule has 0 fully saturated rings. The summed E-state index contributed by atoms with van der Waals surface area (Å²) in [5, 5.41) is 1.97. The molecule has 0 N–H and O–H groups in total. The fraction of sp³-hybridized carbons (Fsp3) is 0.515. The van der Waals surface area contributed by atoms with Gasteiger partial charge in [0.05, 0.1) is 6.10 Å². The molecular formula is C33H53O3PSi2. The number of hydrogen-bond acceptors (Lipinski definition) is 3. The van der Waals surface area contributed by atoms with Gasteiger partial charge < -0.3 is 13.4 Å². The zero-order chi connectivity index (χ0) is 29.7. The van der Waals surface area contributed by atoms with E-state index in [2.05, 4.69) is 81.2 Å². The van der Waals surface area contributed by atoms with Crippen molar-refractivity contribution in [3.63, 3.8) is 0 Å². The molecule has 216 valence electrons. The van der Waals surface area contributed by atoms with Gasteiger partial charge in [-0.3, -0.25) is 0 Å². The summed E-state index contributed by atoms with van der Waals surface area (Å²) in [6.45, 7) is 29.4. The maximum Gasteiger partial charge on any atom is 0.192 e. The Bertz CT molecular complexity index is 1100. The van der Waals surface area contributed by atoms with E-state index in [4.69, 9.17) is 8.85 Å². The Kier molecular flexibility index (Phi) is 11.2. The van der Waals surface area contributed by atoms with Crippen LogP contribution in [0.1, 0.15) is 54.9 Å². The molecule has 0 bridgehead atoms. The second-order valence-electron chi connectivity index (χ2n) is 13.9. The number of allylic oxidation sites excluding steroid dienone is 1. The highest BCUT2D eigenvalue weighted by Crippen LogP contribution is 2.44. The minimum Gasteiger partial charge on any atom is -0.414 e. The van der Waals surface area contributed by atoms with Crippen LogP contribution in [-0.2, 0) is 13.4 Å². The molecule has 0 aromatic heterocycles. The topological polar surface area (TPSA) is 35.5 Å². The van der Waals surface area contributed by atoms with E-state index in [1.54, 1.807) is 0 Å². The summed E-state index contributed by atoms with van der Waals surface area (Å²) >= 11 is 0. The van der Waals surface area contributed by atoms with E-state index < -0.39 is 23.8 Å². The lowest BCUT2D eigenvalue weighted by atomic mass is 10.1. The minimum atomic E-state index is -2.83. The van der Waals surface area contributed by atoms with E-state index in [-0.39, 0.29) is 22.3 Å². The molecule has 0 saturated heterocycles.